The number of halogens is 1. The van der Waals surface area contributed by atoms with Crippen LogP contribution in [0.15, 0.2) is 48.5 Å². The molecular weight excluding hydrogens is 380 g/mol. The molecule has 1 aliphatic carbocycles. The second-order valence-corrected chi connectivity index (χ2v) is 9.30. The van der Waals surface area contributed by atoms with Gasteiger partial charge in [-0.05, 0) is 43.0 Å². The molecule has 1 N–H and O–H groups in total. The predicted octanol–water partition coefficient (Wildman–Crippen LogP) is 4.93. The third-order valence-corrected chi connectivity index (χ3v) is 7.29. The number of nitrogens with zero attached hydrogens (tertiary/aromatic N) is 2. The van der Waals surface area contributed by atoms with Gasteiger partial charge in [-0.2, -0.15) is 0 Å². The van der Waals surface area contributed by atoms with Gasteiger partial charge in [0.05, 0.1) is 16.3 Å². The lowest BCUT2D eigenvalue weighted by Gasteiger charge is -2.44. The number of aliphatic hydroxyl groups is 1. The summed E-state index contributed by atoms with van der Waals surface area (Å²) in [6, 6.07) is 16.6. The molecular formula is C25H33ClN2O. The van der Waals surface area contributed by atoms with Crippen molar-refractivity contribution >= 4 is 17.3 Å². The maximum absolute atomic E-state index is 11.7. The smallest absolute Gasteiger partial charge is 0.0728 e. The van der Waals surface area contributed by atoms with Crippen LogP contribution in [0.4, 0.5) is 5.69 Å². The lowest BCUT2D eigenvalue weighted by molar-refractivity contribution is -0.0596. The molecule has 1 aliphatic heterocycles. The van der Waals surface area contributed by atoms with Crippen molar-refractivity contribution in [3.8, 4) is 0 Å². The summed E-state index contributed by atoms with van der Waals surface area (Å²) in [6.07, 6.45) is 5.21. The van der Waals surface area contributed by atoms with Gasteiger partial charge in [-0.15, -0.1) is 0 Å². The van der Waals surface area contributed by atoms with E-state index >= 15 is 0 Å². The Morgan fingerprint density at radius 1 is 1.00 bits per heavy atom. The van der Waals surface area contributed by atoms with E-state index in [2.05, 4.69) is 53.1 Å². The number of anilines is 1. The summed E-state index contributed by atoms with van der Waals surface area (Å²) in [5.41, 5.74) is 3.15. The molecule has 4 heteroatoms. The van der Waals surface area contributed by atoms with Crippen LogP contribution in [0.1, 0.15) is 36.8 Å². The Morgan fingerprint density at radius 2 is 1.72 bits per heavy atom. The molecule has 29 heavy (non-hydrogen) atoms. The zero-order chi connectivity index (χ0) is 20.3. The summed E-state index contributed by atoms with van der Waals surface area (Å²) < 4.78 is 0. The largest absolute Gasteiger partial charge is 0.389 e. The molecule has 2 aromatic carbocycles. The number of piperazine rings is 1. The molecule has 2 aromatic rings. The van der Waals surface area contributed by atoms with Gasteiger partial charge in [0, 0.05) is 45.1 Å². The summed E-state index contributed by atoms with van der Waals surface area (Å²) in [6.45, 7) is 7.20. The van der Waals surface area contributed by atoms with E-state index in [1.165, 1.54) is 17.5 Å². The number of aryl methyl sites for hydroxylation is 1. The summed E-state index contributed by atoms with van der Waals surface area (Å²) >= 11 is 6.39. The van der Waals surface area contributed by atoms with Gasteiger partial charge in [-0.1, -0.05) is 60.8 Å². The summed E-state index contributed by atoms with van der Waals surface area (Å²) in [5, 5.41) is 12.5. The zero-order valence-corrected chi connectivity index (χ0v) is 18.2. The monoisotopic (exact) mass is 412 g/mol. The highest BCUT2D eigenvalue weighted by Gasteiger charge is 2.40. The molecule has 1 saturated heterocycles. The molecule has 1 heterocycles. The van der Waals surface area contributed by atoms with Crippen molar-refractivity contribution in [2.75, 3.05) is 37.6 Å². The Hall–Kier alpha value is -1.55. The van der Waals surface area contributed by atoms with E-state index < -0.39 is 5.60 Å². The fourth-order valence-corrected chi connectivity index (χ4v) is 5.37. The fraction of sp³-hybridized carbons (Fsp3) is 0.520. The van der Waals surface area contributed by atoms with Crippen molar-refractivity contribution in [2.45, 2.75) is 44.6 Å². The number of benzene rings is 2. The highest BCUT2D eigenvalue weighted by Crippen LogP contribution is 2.38. The molecule has 2 atom stereocenters. The SMILES string of the molecule is Cc1ccccc1CC1(O)CCCCC1CN1CCN(c2ccccc2Cl)CC1. The molecule has 156 valence electrons. The molecule has 0 aromatic heterocycles. The highest BCUT2D eigenvalue weighted by molar-refractivity contribution is 6.33. The van der Waals surface area contributed by atoms with Gasteiger partial charge in [-0.25, -0.2) is 0 Å². The van der Waals surface area contributed by atoms with Crippen LogP contribution >= 0.6 is 11.6 Å². The molecule has 0 amide bonds. The quantitative estimate of drug-likeness (QED) is 0.753. The predicted molar refractivity (Wildman–Crippen MR) is 122 cm³/mol. The van der Waals surface area contributed by atoms with Crippen molar-refractivity contribution in [2.24, 2.45) is 5.92 Å². The van der Waals surface area contributed by atoms with E-state index in [-0.39, 0.29) is 0 Å². The van der Waals surface area contributed by atoms with Crippen LogP contribution in [-0.2, 0) is 6.42 Å². The third-order valence-electron chi connectivity index (χ3n) is 6.97. The number of hydrogen-bond donors (Lipinski definition) is 1. The van der Waals surface area contributed by atoms with Gasteiger partial charge in [0.2, 0.25) is 0 Å². The standard InChI is InChI=1S/C25H33ClN2O/c1-20-8-2-3-9-21(20)18-25(29)13-7-6-10-22(25)19-27-14-16-28(17-15-27)24-12-5-4-11-23(24)26/h2-5,8-9,11-12,22,29H,6-7,10,13-19H2,1H3. The fourth-order valence-electron chi connectivity index (χ4n) is 5.12. The van der Waals surface area contributed by atoms with Gasteiger partial charge in [-0.3, -0.25) is 4.90 Å². The minimum absolute atomic E-state index is 0.350. The molecule has 2 aliphatic rings. The van der Waals surface area contributed by atoms with Gasteiger partial charge in [0.15, 0.2) is 0 Å². The first-order chi connectivity index (χ1) is 14.0. The molecule has 0 spiro atoms. The van der Waals surface area contributed by atoms with Gasteiger partial charge in [0.1, 0.15) is 0 Å². The number of hydrogen-bond acceptors (Lipinski definition) is 3. The molecule has 3 nitrogen and oxygen atoms in total. The van der Waals surface area contributed by atoms with Crippen LogP contribution in [0.2, 0.25) is 5.02 Å². The zero-order valence-electron chi connectivity index (χ0n) is 17.5. The summed E-state index contributed by atoms with van der Waals surface area (Å²) in [5.74, 6) is 0.350. The summed E-state index contributed by atoms with van der Waals surface area (Å²) in [7, 11) is 0. The van der Waals surface area contributed by atoms with Crippen molar-refractivity contribution in [3.63, 3.8) is 0 Å². The van der Waals surface area contributed by atoms with E-state index in [0.29, 0.717) is 5.92 Å². The Labute approximate surface area is 180 Å². The normalized spacial score (nSPS) is 25.9. The average molecular weight is 413 g/mol. The van der Waals surface area contributed by atoms with Gasteiger partial charge in [0.25, 0.3) is 0 Å². The third kappa shape index (κ3) is 4.79. The Balaban J connectivity index is 1.39. The van der Waals surface area contributed by atoms with E-state index in [1.54, 1.807) is 0 Å². The van der Waals surface area contributed by atoms with Crippen molar-refractivity contribution < 1.29 is 5.11 Å². The van der Waals surface area contributed by atoms with E-state index in [4.69, 9.17) is 11.6 Å². The maximum atomic E-state index is 11.7. The molecule has 0 bridgehead atoms. The molecule has 1 saturated carbocycles. The first-order valence-corrected chi connectivity index (χ1v) is 11.4. The highest BCUT2D eigenvalue weighted by atomic mass is 35.5. The Bertz CT molecular complexity index is 818. The van der Waals surface area contributed by atoms with Crippen LogP contribution in [-0.4, -0.2) is 48.3 Å². The van der Waals surface area contributed by atoms with Crippen molar-refractivity contribution in [1.82, 2.24) is 4.90 Å². The second kappa shape index (κ2) is 9.07. The first kappa shape index (κ1) is 20.7. The van der Waals surface area contributed by atoms with Crippen molar-refractivity contribution in [1.29, 1.82) is 0 Å². The average Bonchev–Trinajstić information content (AvgIpc) is 2.73. The molecule has 0 radical (unpaired) electrons. The molecule has 4 rings (SSSR count). The number of para-hydroxylation sites is 1. The second-order valence-electron chi connectivity index (χ2n) is 8.89. The molecule has 2 unspecified atom stereocenters. The minimum Gasteiger partial charge on any atom is -0.389 e. The van der Waals surface area contributed by atoms with E-state index in [1.807, 2.05) is 12.1 Å². The minimum atomic E-state index is -0.579. The maximum Gasteiger partial charge on any atom is 0.0728 e. The van der Waals surface area contributed by atoms with Crippen LogP contribution < -0.4 is 4.90 Å². The Morgan fingerprint density at radius 3 is 2.48 bits per heavy atom. The van der Waals surface area contributed by atoms with Gasteiger partial charge >= 0.3 is 0 Å². The summed E-state index contributed by atoms with van der Waals surface area (Å²) in [4.78, 5) is 4.94. The van der Waals surface area contributed by atoms with E-state index in [0.717, 1.165) is 69.1 Å². The number of rotatable bonds is 5. The van der Waals surface area contributed by atoms with Crippen LogP contribution in [0, 0.1) is 12.8 Å². The van der Waals surface area contributed by atoms with Crippen LogP contribution in [0.3, 0.4) is 0 Å². The van der Waals surface area contributed by atoms with Crippen LogP contribution in [0.25, 0.3) is 0 Å². The Kier molecular flexibility index (Phi) is 6.48. The lowest BCUT2D eigenvalue weighted by Crippen LogP contribution is -2.53. The lowest BCUT2D eigenvalue weighted by atomic mass is 9.71. The first-order valence-electron chi connectivity index (χ1n) is 11.0. The van der Waals surface area contributed by atoms with Crippen molar-refractivity contribution in [3.05, 3.63) is 64.7 Å². The van der Waals surface area contributed by atoms with E-state index in [9.17, 15) is 5.11 Å². The van der Waals surface area contributed by atoms with Crippen LogP contribution in [0.5, 0.6) is 0 Å². The topological polar surface area (TPSA) is 26.7 Å². The molecule has 2 fully saturated rings. The van der Waals surface area contributed by atoms with Gasteiger partial charge < -0.3 is 10.0 Å².